The van der Waals surface area contributed by atoms with Gasteiger partial charge in [0.15, 0.2) is 0 Å². The van der Waals surface area contributed by atoms with Crippen LogP contribution in [0.3, 0.4) is 0 Å². The van der Waals surface area contributed by atoms with Crippen molar-refractivity contribution in [3.05, 3.63) is 55.1 Å². The van der Waals surface area contributed by atoms with Crippen LogP contribution >= 0.6 is 0 Å². The molecule has 3 aromatic rings. The van der Waals surface area contributed by atoms with Gasteiger partial charge in [0.05, 0.1) is 29.2 Å². The van der Waals surface area contributed by atoms with E-state index >= 15 is 0 Å². The van der Waals surface area contributed by atoms with Crippen LogP contribution < -0.4 is 10.6 Å². The van der Waals surface area contributed by atoms with Gasteiger partial charge in [0.25, 0.3) is 0 Å². The Kier molecular flexibility index (Phi) is 5.20. The summed E-state index contributed by atoms with van der Waals surface area (Å²) in [5.74, 6) is 1.25. The Morgan fingerprint density at radius 2 is 1.81 bits per heavy atom. The maximum Gasteiger partial charge on any atom is 0.229 e. The van der Waals surface area contributed by atoms with Crippen molar-refractivity contribution in [3.8, 4) is 11.3 Å². The Labute approximate surface area is 158 Å². The lowest BCUT2D eigenvalue weighted by molar-refractivity contribution is 0.126. The molecule has 4 rings (SSSR count). The summed E-state index contributed by atoms with van der Waals surface area (Å²) >= 11 is 0. The van der Waals surface area contributed by atoms with Gasteiger partial charge >= 0.3 is 0 Å². The van der Waals surface area contributed by atoms with E-state index in [1.165, 1.54) is 0 Å². The maximum absolute atomic E-state index is 9.75. The van der Waals surface area contributed by atoms with Crippen LogP contribution in [-0.2, 0) is 0 Å². The first-order valence-corrected chi connectivity index (χ1v) is 9.18. The topological polar surface area (TPSA) is 95.8 Å². The second kappa shape index (κ2) is 8.09. The van der Waals surface area contributed by atoms with Crippen LogP contribution in [-0.4, -0.2) is 37.2 Å². The molecule has 1 aliphatic carbocycles. The summed E-state index contributed by atoms with van der Waals surface area (Å²) in [6.07, 6.45) is 10.3. The third-order valence-electron chi connectivity index (χ3n) is 4.68. The highest BCUT2D eigenvalue weighted by atomic mass is 16.3. The van der Waals surface area contributed by atoms with Gasteiger partial charge in [0.2, 0.25) is 5.95 Å². The van der Waals surface area contributed by atoms with Crippen molar-refractivity contribution in [2.24, 2.45) is 0 Å². The number of hydrogen-bond donors (Lipinski definition) is 3. The standard InChI is InChI=1S/C20H22N6O/c27-16-8-6-14(7-9-16)24-19-17(18-5-1-2-11-22-18)13-23-20(26-19)25-15-4-3-10-21-12-15/h1-5,10-14,16,27H,6-9H2,(H2,23,24,25,26). The first-order valence-electron chi connectivity index (χ1n) is 9.18. The summed E-state index contributed by atoms with van der Waals surface area (Å²) < 4.78 is 0. The van der Waals surface area contributed by atoms with Crippen LogP contribution in [0.2, 0.25) is 0 Å². The Bertz CT molecular complexity index is 866. The molecule has 1 fully saturated rings. The Hall–Kier alpha value is -3.06. The van der Waals surface area contributed by atoms with Gasteiger partial charge in [-0.15, -0.1) is 0 Å². The molecule has 0 spiro atoms. The van der Waals surface area contributed by atoms with E-state index in [0.717, 1.165) is 48.4 Å². The molecule has 0 amide bonds. The molecule has 7 nitrogen and oxygen atoms in total. The van der Waals surface area contributed by atoms with Crippen LogP contribution in [0, 0.1) is 0 Å². The molecule has 0 saturated heterocycles. The Balaban J connectivity index is 1.62. The molecular formula is C20H22N6O. The molecule has 1 saturated carbocycles. The van der Waals surface area contributed by atoms with Gasteiger partial charge in [-0.2, -0.15) is 4.98 Å². The van der Waals surface area contributed by atoms with Crippen LogP contribution in [0.25, 0.3) is 11.3 Å². The third kappa shape index (κ3) is 4.38. The average molecular weight is 362 g/mol. The third-order valence-corrected chi connectivity index (χ3v) is 4.68. The zero-order chi connectivity index (χ0) is 18.5. The van der Waals surface area contributed by atoms with Crippen molar-refractivity contribution in [1.29, 1.82) is 0 Å². The number of pyridine rings is 2. The highest BCUT2D eigenvalue weighted by Crippen LogP contribution is 2.29. The van der Waals surface area contributed by atoms with E-state index in [9.17, 15) is 5.11 Å². The smallest absolute Gasteiger partial charge is 0.229 e. The number of nitrogens with one attached hydrogen (secondary N) is 2. The minimum absolute atomic E-state index is 0.188. The summed E-state index contributed by atoms with van der Waals surface area (Å²) in [5.41, 5.74) is 2.51. The minimum Gasteiger partial charge on any atom is -0.393 e. The largest absolute Gasteiger partial charge is 0.393 e. The average Bonchev–Trinajstić information content (AvgIpc) is 2.71. The highest BCUT2D eigenvalue weighted by molar-refractivity contribution is 5.73. The first-order chi connectivity index (χ1) is 13.3. The predicted octanol–water partition coefficient (Wildman–Crippen LogP) is 3.39. The highest BCUT2D eigenvalue weighted by Gasteiger charge is 2.21. The normalized spacial score (nSPS) is 19.4. The van der Waals surface area contributed by atoms with Gasteiger partial charge in [-0.05, 0) is 49.9 Å². The monoisotopic (exact) mass is 362 g/mol. The number of aromatic nitrogens is 4. The number of aliphatic hydroxyl groups excluding tert-OH is 1. The van der Waals surface area contributed by atoms with Gasteiger partial charge in [-0.25, -0.2) is 4.98 Å². The van der Waals surface area contributed by atoms with Gasteiger partial charge < -0.3 is 15.7 Å². The predicted molar refractivity (Wildman–Crippen MR) is 105 cm³/mol. The first kappa shape index (κ1) is 17.4. The van der Waals surface area contributed by atoms with Crippen LogP contribution in [0.4, 0.5) is 17.5 Å². The zero-order valence-electron chi connectivity index (χ0n) is 14.9. The molecule has 7 heteroatoms. The van der Waals surface area contributed by atoms with E-state index in [1.807, 2.05) is 30.3 Å². The fraction of sp³-hybridized carbons (Fsp3) is 0.300. The van der Waals surface area contributed by atoms with Crippen molar-refractivity contribution in [3.63, 3.8) is 0 Å². The summed E-state index contributed by atoms with van der Waals surface area (Å²) in [6, 6.07) is 9.83. The number of anilines is 3. The second-order valence-corrected chi connectivity index (χ2v) is 6.69. The lowest BCUT2D eigenvalue weighted by Crippen LogP contribution is -2.29. The molecule has 3 N–H and O–H groups in total. The molecule has 0 aromatic carbocycles. The lowest BCUT2D eigenvalue weighted by atomic mass is 9.93. The molecule has 3 heterocycles. The fourth-order valence-corrected chi connectivity index (χ4v) is 3.24. The molecular weight excluding hydrogens is 340 g/mol. The SMILES string of the molecule is OC1CCC(Nc2nc(Nc3cccnc3)ncc2-c2ccccn2)CC1. The van der Waals surface area contributed by atoms with Crippen molar-refractivity contribution < 1.29 is 5.11 Å². The summed E-state index contributed by atoms with van der Waals surface area (Å²) in [7, 11) is 0. The van der Waals surface area contributed by atoms with Gasteiger partial charge in [0.1, 0.15) is 5.82 Å². The molecule has 0 aliphatic heterocycles. The van der Waals surface area contributed by atoms with E-state index in [-0.39, 0.29) is 12.1 Å². The van der Waals surface area contributed by atoms with E-state index < -0.39 is 0 Å². The quantitative estimate of drug-likeness (QED) is 0.640. The van der Waals surface area contributed by atoms with Crippen molar-refractivity contribution in [1.82, 2.24) is 19.9 Å². The van der Waals surface area contributed by atoms with E-state index in [1.54, 1.807) is 24.8 Å². The number of nitrogens with zero attached hydrogens (tertiary/aromatic N) is 4. The van der Waals surface area contributed by atoms with Crippen LogP contribution in [0.5, 0.6) is 0 Å². The molecule has 27 heavy (non-hydrogen) atoms. The maximum atomic E-state index is 9.75. The molecule has 138 valence electrons. The molecule has 0 radical (unpaired) electrons. The van der Waals surface area contributed by atoms with E-state index in [0.29, 0.717) is 5.95 Å². The van der Waals surface area contributed by atoms with Gasteiger partial charge in [0, 0.05) is 24.6 Å². The fourth-order valence-electron chi connectivity index (χ4n) is 3.24. The molecule has 0 unspecified atom stereocenters. The Morgan fingerprint density at radius 1 is 0.926 bits per heavy atom. The second-order valence-electron chi connectivity index (χ2n) is 6.69. The van der Waals surface area contributed by atoms with Crippen molar-refractivity contribution in [2.75, 3.05) is 10.6 Å². The zero-order valence-corrected chi connectivity index (χ0v) is 14.9. The van der Waals surface area contributed by atoms with Crippen molar-refractivity contribution >= 4 is 17.5 Å². The van der Waals surface area contributed by atoms with Crippen LogP contribution in [0.15, 0.2) is 55.1 Å². The van der Waals surface area contributed by atoms with E-state index in [4.69, 9.17) is 4.98 Å². The van der Waals surface area contributed by atoms with Gasteiger partial charge in [-0.3, -0.25) is 9.97 Å². The summed E-state index contributed by atoms with van der Waals surface area (Å²) in [4.78, 5) is 17.7. The molecule has 1 aliphatic rings. The Morgan fingerprint density at radius 3 is 2.56 bits per heavy atom. The number of rotatable bonds is 5. The summed E-state index contributed by atoms with van der Waals surface area (Å²) in [5, 5.41) is 16.5. The molecule has 0 atom stereocenters. The minimum atomic E-state index is -0.188. The molecule has 0 bridgehead atoms. The van der Waals surface area contributed by atoms with Crippen LogP contribution in [0.1, 0.15) is 25.7 Å². The lowest BCUT2D eigenvalue weighted by Gasteiger charge is -2.27. The van der Waals surface area contributed by atoms with Gasteiger partial charge in [-0.1, -0.05) is 6.07 Å². The van der Waals surface area contributed by atoms with Crippen molar-refractivity contribution in [2.45, 2.75) is 37.8 Å². The molecule has 3 aromatic heterocycles. The summed E-state index contributed by atoms with van der Waals surface area (Å²) in [6.45, 7) is 0. The number of hydrogen-bond acceptors (Lipinski definition) is 7. The number of aliphatic hydroxyl groups is 1. The van der Waals surface area contributed by atoms with E-state index in [2.05, 4.69) is 25.6 Å².